The van der Waals surface area contributed by atoms with Gasteiger partial charge in [0.2, 0.25) is 0 Å². The number of hydrogen-bond donors (Lipinski definition) is 2. The molecule has 2 N–H and O–H groups in total. The number of phenolic OH excluding ortho intramolecular Hbond substituents is 1. The van der Waals surface area contributed by atoms with Gasteiger partial charge in [0, 0.05) is 6.07 Å². The average molecular weight is 294 g/mol. The molecule has 0 saturated carbocycles. The Morgan fingerprint density at radius 2 is 2.20 bits per heavy atom. The number of anilines is 1. The maximum atomic E-state index is 10.6. The van der Waals surface area contributed by atoms with Crippen LogP contribution < -0.4 is 5.32 Å². The number of nitrogens with one attached hydrogen (secondary N) is 1. The fraction of sp³-hybridized carbons (Fsp3) is 0.154. The molecule has 0 aliphatic carbocycles. The van der Waals surface area contributed by atoms with Crippen molar-refractivity contribution in [2.75, 3.05) is 5.32 Å². The first-order valence-electron chi connectivity index (χ1n) is 5.83. The molecule has 2 rings (SSSR count). The van der Waals surface area contributed by atoms with Gasteiger partial charge in [0.1, 0.15) is 17.8 Å². The van der Waals surface area contributed by atoms with Crippen LogP contribution in [0.2, 0.25) is 5.02 Å². The zero-order valence-electron chi connectivity index (χ0n) is 10.6. The normalized spacial score (nSPS) is 11.9. The number of halogens is 1. The summed E-state index contributed by atoms with van der Waals surface area (Å²) < 4.78 is 0. The first-order chi connectivity index (χ1) is 9.47. The predicted octanol–water partition coefficient (Wildman–Crippen LogP) is 3.52. The molecule has 0 radical (unpaired) electrons. The van der Waals surface area contributed by atoms with E-state index in [1.54, 1.807) is 18.2 Å². The van der Waals surface area contributed by atoms with Gasteiger partial charge in [-0.25, -0.2) is 4.98 Å². The Bertz CT molecular complexity index is 649. The van der Waals surface area contributed by atoms with Gasteiger partial charge in [-0.3, -0.25) is 10.1 Å². The second-order valence-corrected chi connectivity index (χ2v) is 4.65. The number of aromatic hydroxyl groups is 1. The summed E-state index contributed by atoms with van der Waals surface area (Å²) in [6, 6.07) is 7.86. The van der Waals surface area contributed by atoms with Crippen LogP contribution in [-0.4, -0.2) is 15.0 Å². The lowest BCUT2D eigenvalue weighted by molar-refractivity contribution is -0.385. The molecule has 0 bridgehead atoms. The van der Waals surface area contributed by atoms with Crippen molar-refractivity contribution >= 4 is 23.1 Å². The molecule has 1 heterocycles. The van der Waals surface area contributed by atoms with E-state index < -0.39 is 4.92 Å². The fourth-order valence-electron chi connectivity index (χ4n) is 1.72. The lowest BCUT2D eigenvalue weighted by atomic mass is 10.1. The van der Waals surface area contributed by atoms with Gasteiger partial charge in [-0.1, -0.05) is 23.7 Å². The van der Waals surface area contributed by atoms with Gasteiger partial charge in [-0.15, -0.1) is 0 Å². The third-order valence-electron chi connectivity index (χ3n) is 2.76. The summed E-state index contributed by atoms with van der Waals surface area (Å²) in [6.07, 6.45) is 1.14. The molecule has 1 aromatic heterocycles. The maximum Gasteiger partial charge on any atom is 0.289 e. The van der Waals surface area contributed by atoms with Crippen molar-refractivity contribution in [2.24, 2.45) is 0 Å². The molecule has 0 amide bonds. The minimum atomic E-state index is -0.554. The Morgan fingerprint density at radius 1 is 1.45 bits per heavy atom. The summed E-state index contributed by atoms with van der Waals surface area (Å²) in [7, 11) is 0. The van der Waals surface area contributed by atoms with Crippen molar-refractivity contribution in [1.82, 2.24) is 4.98 Å². The van der Waals surface area contributed by atoms with Gasteiger partial charge in [0.15, 0.2) is 0 Å². The number of rotatable bonds is 4. The predicted molar refractivity (Wildman–Crippen MR) is 76.0 cm³/mol. The van der Waals surface area contributed by atoms with E-state index in [-0.39, 0.29) is 22.5 Å². The van der Waals surface area contributed by atoms with Crippen molar-refractivity contribution in [3.8, 4) is 5.75 Å². The van der Waals surface area contributed by atoms with E-state index in [4.69, 9.17) is 11.6 Å². The second kappa shape index (κ2) is 5.75. The van der Waals surface area contributed by atoms with E-state index in [0.29, 0.717) is 5.82 Å². The summed E-state index contributed by atoms with van der Waals surface area (Å²) in [4.78, 5) is 14.0. The molecular weight excluding hydrogens is 282 g/mol. The first kappa shape index (κ1) is 14.1. The van der Waals surface area contributed by atoms with Crippen molar-refractivity contribution in [3.63, 3.8) is 0 Å². The molecule has 0 spiro atoms. The molecule has 0 unspecified atom stereocenters. The number of aromatic nitrogens is 1. The first-order valence-corrected chi connectivity index (χ1v) is 6.20. The van der Waals surface area contributed by atoms with E-state index in [0.717, 1.165) is 11.8 Å². The standard InChI is InChI=1S/C13H12ClN3O3/c1-8(9-3-2-4-11(18)5-9)16-13-12(14)6-10(7-15-13)17(19)20/h2-8,18H,1H3,(H,15,16)/t8-/m0/s1. The van der Waals surface area contributed by atoms with Gasteiger partial charge < -0.3 is 10.4 Å². The van der Waals surface area contributed by atoms with Crippen LogP contribution in [0.1, 0.15) is 18.5 Å². The van der Waals surface area contributed by atoms with Crippen LogP contribution in [0, 0.1) is 10.1 Å². The van der Waals surface area contributed by atoms with E-state index in [2.05, 4.69) is 10.3 Å². The Hall–Kier alpha value is -2.34. The van der Waals surface area contributed by atoms with E-state index in [1.807, 2.05) is 13.0 Å². The Labute approximate surface area is 120 Å². The highest BCUT2D eigenvalue weighted by atomic mass is 35.5. The van der Waals surface area contributed by atoms with Gasteiger partial charge in [0.25, 0.3) is 5.69 Å². The van der Waals surface area contributed by atoms with E-state index in [9.17, 15) is 15.2 Å². The van der Waals surface area contributed by atoms with E-state index >= 15 is 0 Å². The molecular formula is C13H12ClN3O3. The number of hydrogen-bond acceptors (Lipinski definition) is 5. The number of phenols is 1. The molecule has 6 nitrogen and oxygen atoms in total. The lowest BCUT2D eigenvalue weighted by Crippen LogP contribution is -2.08. The molecule has 0 aliphatic rings. The monoisotopic (exact) mass is 293 g/mol. The van der Waals surface area contributed by atoms with Crippen LogP contribution >= 0.6 is 11.6 Å². The largest absolute Gasteiger partial charge is 0.508 e. The molecule has 2 aromatic rings. The zero-order chi connectivity index (χ0) is 14.7. The van der Waals surface area contributed by atoms with Crippen LogP contribution in [-0.2, 0) is 0 Å². The summed E-state index contributed by atoms with van der Waals surface area (Å²) >= 11 is 5.96. The zero-order valence-corrected chi connectivity index (χ0v) is 11.3. The quantitative estimate of drug-likeness (QED) is 0.665. The molecule has 104 valence electrons. The third-order valence-corrected chi connectivity index (χ3v) is 3.05. The van der Waals surface area contributed by atoms with Gasteiger partial charge in [-0.05, 0) is 24.6 Å². The summed E-state index contributed by atoms with van der Waals surface area (Å²) in [5, 5.41) is 23.3. The minimum absolute atomic E-state index is 0.159. The summed E-state index contributed by atoms with van der Waals surface area (Å²) in [6.45, 7) is 1.87. The maximum absolute atomic E-state index is 10.6. The van der Waals surface area contributed by atoms with Gasteiger partial charge in [-0.2, -0.15) is 0 Å². The van der Waals surface area contributed by atoms with Crippen molar-refractivity contribution in [1.29, 1.82) is 0 Å². The average Bonchev–Trinajstić information content (AvgIpc) is 2.40. The SMILES string of the molecule is C[C@H](Nc1ncc([N+](=O)[O-])cc1Cl)c1cccc(O)c1. The number of pyridine rings is 1. The second-order valence-electron chi connectivity index (χ2n) is 4.24. The van der Waals surface area contributed by atoms with Crippen LogP contribution in [0.4, 0.5) is 11.5 Å². The molecule has 7 heteroatoms. The van der Waals surface area contributed by atoms with E-state index in [1.165, 1.54) is 6.07 Å². The Kier molecular flexibility index (Phi) is 4.05. The Morgan fingerprint density at radius 3 is 2.80 bits per heavy atom. The highest BCUT2D eigenvalue weighted by molar-refractivity contribution is 6.33. The van der Waals surface area contributed by atoms with Crippen LogP contribution in [0.3, 0.4) is 0 Å². The van der Waals surface area contributed by atoms with Crippen LogP contribution in [0.25, 0.3) is 0 Å². The number of nitrogens with zero attached hydrogens (tertiary/aromatic N) is 2. The molecule has 0 aliphatic heterocycles. The van der Waals surface area contributed by atoms with Gasteiger partial charge in [0.05, 0.1) is 16.0 Å². The highest BCUT2D eigenvalue weighted by Crippen LogP contribution is 2.28. The fourth-order valence-corrected chi connectivity index (χ4v) is 1.93. The third kappa shape index (κ3) is 3.16. The Balaban J connectivity index is 2.19. The van der Waals surface area contributed by atoms with Crippen molar-refractivity contribution < 1.29 is 10.0 Å². The topological polar surface area (TPSA) is 88.3 Å². The smallest absolute Gasteiger partial charge is 0.289 e. The number of nitro groups is 1. The summed E-state index contributed by atoms with van der Waals surface area (Å²) in [5.41, 5.74) is 0.687. The number of benzene rings is 1. The van der Waals surface area contributed by atoms with Gasteiger partial charge >= 0.3 is 0 Å². The minimum Gasteiger partial charge on any atom is -0.508 e. The molecule has 1 aromatic carbocycles. The molecule has 1 atom stereocenters. The highest BCUT2D eigenvalue weighted by Gasteiger charge is 2.13. The van der Waals surface area contributed by atoms with Crippen molar-refractivity contribution in [3.05, 3.63) is 57.2 Å². The molecule has 0 saturated heterocycles. The van der Waals surface area contributed by atoms with Crippen LogP contribution in [0.5, 0.6) is 5.75 Å². The summed E-state index contributed by atoms with van der Waals surface area (Å²) in [5.74, 6) is 0.520. The van der Waals surface area contributed by atoms with Crippen LogP contribution in [0.15, 0.2) is 36.5 Å². The molecule has 20 heavy (non-hydrogen) atoms. The van der Waals surface area contributed by atoms with Crippen molar-refractivity contribution in [2.45, 2.75) is 13.0 Å². The lowest BCUT2D eigenvalue weighted by Gasteiger charge is -2.15. The molecule has 0 fully saturated rings.